The van der Waals surface area contributed by atoms with E-state index < -0.39 is 6.10 Å². The molecule has 0 aromatic carbocycles. The summed E-state index contributed by atoms with van der Waals surface area (Å²) in [5.74, 6) is 0.867. The van der Waals surface area contributed by atoms with Gasteiger partial charge >= 0.3 is 0 Å². The molecule has 1 aliphatic rings. The predicted octanol–water partition coefficient (Wildman–Crippen LogP) is 2.38. The van der Waals surface area contributed by atoms with Crippen LogP contribution in [-0.2, 0) is 6.54 Å². The predicted molar refractivity (Wildman–Crippen MR) is 99.4 cm³/mol. The number of aliphatic hydroxyl groups is 1. The third-order valence-corrected chi connectivity index (χ3v) is 5.52. The Kier molecular flexibility index (Phi) is 3.43. The Balaban J connectivity index is 1.42. The number of nitrogens with zero attached hydrogens (tertiary/aromatic N) is 5. The number of hydrogen-bond donors (Lipinski definition) is 2. The Morgan fingerprint density at radius 3 is 3.00 bits per heavy atom. The van der Waals surface area contributed by atoms with Crippen molar-refractivity contribution in [1.82, 2.24) is 24.1 Å². The lowest BCUT2D eigenvalue weighted by Crippen LogP contribution is -2.17. The van der Waals surface area contributed by atoms with Gasteiger partial charge in [0.1, 0.15) is 17.8 Å². The molecule has 1 aliphatic carbocycles. The van der Waals surface area contributed by atoms with Crippen molar-refractivity contribution in [2.45, 2.75) is 31.5 Å². The molecular weight excluding hydrogens is 328 g/mol. The largest absolute Gasteiger partial charge is 0.391 e. The van der Waals surface area contributed by atoms with Gasteiger partial charge in [-0.05, 0) is 37.0 Å². The van der Waals surface area contributed by atoms with Gasteiger partial charge in [-0.25, -0.2) is 9.97 Å². The third kappa shape index (κ3) is 2.35. The molecule has 132 valence electrons. The number of aliphatic hydroxyl groups excluding tert-OH is 1. The van der Waals surface area contributed by atoms with Crippen molar-refractivity contribution in [3.05, 3.63) is 49.3 Å². The van der Waals surface area contributed by atoms with Crippen LogP contribution in [0.5, 0.6) is 0 Å². The molecule has 0 bridgehead atoms. The van der Waals surface area contributed by atoms with Crippen molar-refractivity contribution >= 4 is 27.8 Å². The molecule has 0 unspecified atom stereocenters. The van der Waals surface area contributed by atoms with Gasteiger partial charge in [0.2, 0.25) is 0 Å². The second kappa shape index (κ2) is 5.81. The number of rotatable bonds is 3. The summed E-state index contributed by atoms with van der Waals surface area (Å²) in [6.07, 6.45) is 10.5. The van der Waals surface area contributed by atoms with Crippen LogP contribution in [0.15, 0.2) is 49.3 Å². The molecule has 3 N–H and O–H groups in total. The maximum atomic E-state index is 10.7. The fourth-order valence-electron chi connectivity index (χ4n) is 4.27. The summed E-state index contributed by atoms with van der Waals surface area (Å²) in [5, 5.41) is 12.7. The maximum absolute atomic E-state index is 10.7. The van der Waals surface area contributed by atoms with Crippen molar-refractivity contribution in [3.8, 4) is 0 Å². The minimum absolute atomic E-state index is 0.00625. The summed E-state index contributed by atoms with van der Waals surface area (Å²) in [7, 11) is 0. The molecule has 4 aromatic rings. The van der Waals surface area contributed by atoms with E-state index in [0.717, 1.165) is 35.9 Å². The molecule has 0 aliphatic heterocycles. The van der Waals surface area contributed by atoms with Crippen LogP contribution in [0.4, 0.5) is 5.82 Å². The van der Waals surface area contributed by atoms with Crippen molar-refractivity contribution in [2.75, 3.05) is 5.73 Å². The molecule has 1 fully saturated rings. The number of nitrogens with two attached hydrogens (primary N) is 1. The fourth-order valence-corrected chi connectivity index (χ4v) is 4.27. The zero-order valence-corrected chi connectivity index (χ0v) is 14.2. The number of nitrogen functional groups attached to an aromatic ring is 1. The van der Waals surface area contributed by atoms with E-state index in [1.807, 2.05) is 35.3 Å². The van der Waals surface area contributed by atoms with Gasteiger partial charge < -0.3 is 20.0 Å². The van der Waals surface area contributed by atoms with E-state index in [-0.39, 0.29) is 6.04 Å². The monoisotopic (exact) mass is 348 g/mol. The van der Waals surface area contributed by atoms with Crippen LogP contribution in [0, 0.1) is 5.92 Å². The first-order valence-electron chi connectivity index (χ1n) is 8.84. The average Bonchev–Trinajstić information content (AvgIpc) is 3.33. The standard InChI is InChI=1S/C19H20N6O/c20-18-14-3-6-25(19(14)23-11-22-18)15-7-12(8-17(15)26)10-24-5-2-13-1-4-21-9-16(13)24/h1-6,9,11-12,15,17,26H,7-8,10H2,(H2,20,22,23)/t12-,15+,17+/m0/s1. The van der Waals surface area contributed by atoms with Crippen LogP contribution >= 0.6 is 0 Å². The lowest BCUT2D eigenvalue weighted by Gasteiger charge is -2.17. The van der Waals surface area contributed by atoms with Gasteiger partial charge in [-0.2, -0.15) is 0 Å². The fraction of sp³-hybridized carbons (Fsp3) is 0.316. The van der Waals surface area contributed by atoms with E-state index in [2.05, 4.69) is 31.8 Å². The SMILES string of the molecule is Nc1ncnc2c1ccn2[C@@H]1C[C@H](Cn2ccc3ccncc32)C[C@H]1O. The average molecular weight is 348 g/mol. The molecule has 0 radical (unpaired) electrons. The molecular formula is C19H20N6O. The van der Waals surface area contributed by atoms with E-state index in [9.17, 15) is 5.11 Å². The minimum Gasteiger partial charge on any atom is -0.391 e. The van der Waals surface area contributed by atoms with Crippen molar-refractivity contribution in [1.29, 1.82) is 0 Å². The number of fused-ring (bicyclic) bond motifs is 2. The maximum Gasteiger partial charge on any atom is 0.145 e. The van der Waals surface area contributed by atoms with Gasteiger partial charge in [-0.3, -0.25) is 4.98 Å². The molecule has 5 rings (SSSR count). The zero-order valence-electron chi connectivity index (χ0n) is 14.2. The molecule has 0 saturated heterocycles. The van der Waals surface area contributed by atoms with Gasteiger partial charge in [0.15, 0.2) is 0 Å². The minimum atomic E-state index is -0.397. The first-order chi connectivity index (χ1) is 12.7. The van der Waals surface area contributed by atoms with Gasteiger partial charge in [-0.1, -0.05) is 0 Å². The lowest BCUT2D eigenvalue weighted by atomic mass is 10.1. The summed E-state index contributed by atoms with van der Waals surface area (Å²) in [6, 6.07) is 6.06. The first-order valence-corrected chi connectivity index (χ1v) is 8.84. The van der Waals surface area contributed by atoms with Gasteiger partial charge in [0.25, 0.3) is 0 Å². The van der Waals surface area contributed by atoms with Crippen molar-refractivity contribution < 1.29 is 5.11 Å². The molecule has 3 atom stereocenters. The number of pyridine rings is 1. The molecule has 7 nitrogen and oxygen atoms in total. The van der Waals surface area contributed by atoms with E-state index >= 15 is 0 Å². The Morgan fingerprint density at radius 1 is 1.15 bits per heavy atom. The Morgan fingerprint density at radius 2 is 2.08 bits per heavy atom. The highest BCUT2D eigenvalue weighted by Crippen LogP contribution is 2.38. The van der Waals surface area contributed by atoms with Crippen LogP contribution < -0.4 is 5.73 Å². The van der Waals surface area contributed by atoms with Crippen LogP contribution in [0.1, 0.15) is 18.9 Å². The van der Waals surface area contributed by atoms with Gasteiger partial charge in [-0.15, -0.1) is 0 Å². The van der Waals surface area contributed by atoms with Crippen LogP contribution in [0.3, 0.4) is 0 Å². The van der Waals surface area contributed by atoms with E-state index in [1.165, 1.54) is 11.7 Å². The van der Waals surface area contributed by atoms with E-state index in [0.29, 0.717) is 11.7 Å². The van der Waals surface area contributed by atoms with E-state index in [4.69, 9.17) is 5.73 Å². The molecule has 7 heteroatoms. The van der Waals surface area contributed by atoms with Crippen LogP contribution in [0.25, 0.3) is 21.9 Å². The number of hydrogen-bond acceptors (Lipinski definition) is 5. The Hall–Kier alpha value is -2.93. The highest BCUT2D eigenvalue weighted by atomic mass is 16.3. The number of aromatic nitrogens is 5. The van der Waals surface area contributed by atoms with Crippen LogP contribution in [-0.4, -0.2) is 35.3 Å². The van der Waals surface area contributed by atoms with Gasteiger partial charge in [0.05, 0.1) is 29.2 Å². The highest BCUT2D eigenvalue weighted by Gasteiger charge is 2.35. The normalized spacial score (nSPS) is 23.2. The smallest absolute Gasteiger partial charge is 0.145 e. The highest BCUT2D eigenvalue weighted by molar-refractivity contribution is 5.86. The summed E-state index contributed by atoms with van der Waals surface area (Å²) in [4.78, 5) is 12.6. The topological polar surface area (TPSA) is 94.8 Å². The number of anilines is 1. The van der Waals surface area contributed by atoms with Crippen molar-refractivity contribution in [2.24, 2.45) is 5.92 Å². The third-order valence-electron chi connectivity index (χ3n) is 5.52. The Labute approximate surface area is 150 Å². The summed E-state index contributed by atoms with van der Waals surface area (Å²) in [6.45, 7) is 0.874. The molecule has 4 heterocycles. The zero-order chi connectivity index (χ0) is 17.7. The summed E-state index contributed by atoms with van der Waals surface area (Å²) >= 11 is 0. The summed E-state index contributed by atoms with van der Waals surface area (Å²) in [5.41, 5.74) is 7.86. The molecule has 4 aromatic heterocycles. The van der Waals surface area contributed by atoms with Gasteiger partial charge in [0, 0.05) is 30.5 Å². The lowest BCUT2D eigenvalue weighted by molar-refractivity contribution is 0.136. The molecule has 0 amide bonds. The van der Waals surface area contributed by atoms with Crippen molar-refractivity contribution in [3.63, 3.8) is 0 Å². The summed E-state index contributed by atoms with van der Waals surface area (Å²) < 4.78 is 4.28. The molecule has 0 spiro atoms. The Bertz CT molecular complexity index is 1080. The molecule has 1 saturated carbocycles. The second-order valence-corrected chi connectivity index (χ2v) is 7.09. The van der Waals surface area contributed by atoms with E-state index in [1.54, 1.807) is 0 Å². The quantitative estimate of drug-likeness (QED) is 0.593. The van der Waals surface area contributed by atoms with Crippen LogP contribution in [0.2, 0.25) is 0 Å². The first kappa shape index (κ1) is 15.3. The second-order valence-electron chi connectivity index (χ2n) is 7.09. The molecule has 26 heavy (non-hydrogen) atoms.